The van der Waals surface area contributed by atoms with Crippen LogP contribution in [-0.4, -0.2) is 14.2 Å². The van der Waals surface area contributed by atoms with Crippen molar-refractivity contribution >= 4 is 0 Å². The quantitative estimate of drug-likeness (QED) is 0.895. The molecule has 0 fully saturated rings. The first-order valence-electron chi connectivity index (χ1n) is 6.26. The van der Waals surface area contributed by atoms with Gasteiger partial charge in [-0.25, -0.2) is 0 Å². The van der Waals surface area contributed by atoms with Crippen molar-refractivity contribution in [2.24, 2.45) is 5.73 Å². The molecule has 0 radical (unpaired) electrons. The van der Waals surface area contributed by atoms with Crippen LogP contribution in [0.5, 0.6) is 11.5 Å². The van der Waals surface area contributed by atoms with Gasteiger partial charge in [0.05, 0.1) is 14.2 Å². The van der Waals surface area contributed by atoms with E-state index in [4.69, 9.17) is 15.2 Å². The lowest BCUT2D eigenvalue weighted by Gasteiger charge is -2.15. The van der Waals surface area contributed by atoms with Gasteiger partial charge in [-0.05, 0) is 30.2 Å². The Morgan fingerprint density at radius 3 is 2.26 bits per heavy atom. The molecule has 2 N–H and O–H groups in total. The van der Waals surface area contributed by atoms with E-state index in [0.29, 0.717) is 0 Å². The summed E-state index contributed by atoms with van der Waals surface area (Å²) in [6.07, 6.45) is 0.768. The smallest absolute Gasteiger partial charge is 0.123 e. The molecule has 0 saturated heterocycles. The van der Waals surface area contributed by atoms with Crippen LogP contribution in [0.25, 0.3) is 0 Å². The average Bonchev–Trinajstić information content (AvgIpc) is 2.48. The third kappa shape index (κ3) is 3.26. The van der Waals surface area contributed by atoms with Gasteiger partial charge >= 0.3 is 0 Å². The Morgan fingerprint density at radius 1 is 0.947 bits per heavy atom. The summed E-state index contributed by atoms with van der Waals surface area (Å²) in [6, 6.07) is 15.8. The Balaban J connectivity index is 2.13. The highest BCUT2D eigenvalue weighted by atomic mass is 16.5. The fourth-order valence-corrected chi connectivity index (χ4v) is 2.10. The lowest BCUT2D eigenvalue weighted by atomic mass is 9.99. The van der Waals surface area contributed by atoms with Gasteiger partial charge < -0.3 is 15.2 Å². The Bertz CT molecular complexity index is 523. The van der Waals surface area contributed by atoms with E-state index >= 15 is 0 Å². The van der Waals surface area contributed by atoms with Crippen molar-refractivity contribution in [1.82, 2.24) is 0 Å². The molecular weight excluding hydrogens is 238 g/mol. The number of nitrogens with two attached hydrogens (primary N) is 1. The zero-order valence-corrected chi connectivity index (χ0v) is 11.3. The predicted octanol–water partition coefficient (Wildman–Crippen LogP) is 2.95. The summed E-state index contributed by atoms with van der Waals surface area (Å²) in [4.78, 5) is 0. The first kappa shape index (κ1) is 13.4. The van der Waals surface area contributed by atoms with E-state index in [2.05, 4.69) is 0 Å². The number of para-hydroxylation sites is 1. The van der Waals surface area contributed by atoms with Crippen LogP contribution in [0.4, 0.5) is 0 Å². The molecule has 2 aromatic carbocycles. The van der Waals surface area contributed by atoms with E-state index in [-0.39, 0.29) is 6.04 Å². The summed E-state index contributed by atoms with van der Waals surface area (Å²) in [6.45, 7) is 0. The molecule has 0 aromatic heterocycles. The van der Waals surface area contributed by atoms with Crippen LogP contribution >= 0.6 is 0 Å². The first-order chi connectivity index (χ1) is 9.24. The largest absolute Gasteiger partial charge is 0.497 e. The van der Waals surface area contributed by atoms with Crippen molar-refractivity contribution in [2.45, 2.75) is 12.5 Å². The molecule has 2 rings (SSSR count). The molecule has 100 valence electrons. The predicted molar refractivity (Wildman–Crippen MR) is 76.6 cm³/mol. The maximum atomic E-state index is 6.26. The van der Waals surface area contributed by atoms with Crippen LogP contribution in [0.15, 0.2) is 48.5 Å². The highest BCUT2D eigenvalue weighted by Crippen LogP contribution is 2.26. The second-order valence-corrected chi connectivity index (χ2v) is 4.40. The van der Waals surface area contributed by atoms with Gasteiger partial charge in [0, 0.05) is 11.6 Å². The zero-order chi connectivity index (χ0) is 13.7. The molecule has 2 aromatic rings. The van der Waals surface area contributed by atoms with Gasteiger partial charge in [-0.3, -0.25) is 0 Å². The Labute approximate surface area is 114 Å². The van der Waals surface area contributed by atoms with E-state index < -0.39 is 0 Å². The normalized spacial score (nSPS) is 11.9. The number of hydrogen-bond acceptors (Lipinski definition) is 3. The molecule has 1 unspecified atom stereocenters. The highest BCUT2D eigenvalue weighted by molar-refractivity contribution is 5.37. The van der Waals surface area contributed by atoms with Crippen molar-refractivity contribution in [1.29, 1.82) is 0 Å². The molecule has 0 aliphatic rings. The van der Waals surface area contributed by atoms with E-state index in [0.717, 1.165) is 23.5 Å². The second kappa shape index (κ2) is 6.25. The van der Waals surface area contributed by atoms with Crippen molar-refractivity contribution < 1.29 is 9.47 Å². The number of benzene rings is 2. The standard InChI is InChI=1S/C16H19NO2/c1-18-13-9-7-12(8-10-13)11-15(17)14-5-3-4-6-16(14)19-2/h3-10,15H,11,17H2,1-2H3. The van der Waals surface area contributed by atoms with E-state index in [1.54, 1.807) is 14.2 Å². The summed E-state index contributed by atoms with van der Waals surface area (Å²) in [5, 5.41) is 0. The van der Waals surface area contributed by atoms with Gasteiger partial charge in [0.1, 0.15) is 11.5 Å². The van der Waals surface area contributed by atoms with Crippen LogP contribution in [0, 0.1) is 0 Å². The average molecular weight is 257 g/mol. The molecule has 19 heavy (non-hydrogen) atoms. The summed E-state index contributed by atoms with van der Waals surface area (Å²) in [7, 11) is 3.33. The lowest BCUT2D eigenvalue weighted by Crippen LogP contribution is -2.14. The summed E-state index contributed by atoms with van der Waals surface area (Å²) in [5.74, 6) is 1.69. The van der Waals surface area contributed by atoms with Gasteiger partial charge in [-0.2, -0.15) is 0 Å². The molecule has 0 bridgehead atoms. The van der Waals surface area contributed by atoms with Crippen molar-refractivity contribution in [3.05, 3.63) is 59.7 Å². The molecule has 0 spiro atoms. The molecule has 1 atom stereocenters. The van der Waals surface area contributed by atoms with E-state index in [9.17, 15) is 0 Å². The van der Waals surface area contributed by atoms with Gasteiger partial charge in [0.15, 0.2) is 0 Å². The first-order valence-corrected chi connectivity index (χ1v) is 6.26. The minimum atomic E-state index is -0.0791. The van der Waals surface area contributed by atoms with Crippen LogP contribution in [0.2, 0.25) is 0 Å². The van der Waals surface area contributed by atoms with E-state index in [1.807, 2.05) is 48.5 Å². The SMILES string of the molecule is COc1ccc(CC(N)c2ccccc2OC)cc1. The summed E-state index contributed by atoms with van der Waals surface area (Å²) in [5.41, 5.74) is 8.47. The molecule has 0 heterocycles. The second-order valence-electron chi connectivity index (χ2n) is 4.40. The van der Waals surface area contributed by atoms with E-state index in [1.165, 1.54) is 5.56 Å². The van der Waals surface area contributed by atoms with Crippen molar-refractivity contribution in [2.75, 3.05) is 14.2 Å². The fraction of sp³-hybridized carbons (Fsp3) is 0.250. The van der Waals surface area contributed by atoms with Gasteiger partial charge in [-0.15, -0.1) is 0 Å². The minimum Gasteiger partial charge on any atom is -0.497 e. The van der Waals surface area contributed by atoms with Gasteiger partial charge in [-0.1, -0.05) is 30.3 Å². The number of methoxy groups -OCH3 is 2. The van der Waals surface area contributed by atoms with Gasteiger partial charge in [0.2, 0.25) is 0 Å². The van der Waals surface area contributed by atoms with Crippen LogP contribution < -0.4 is 15.2 Å². The number of ether oxygens (including phenoxy) is 2. The molecule has 0 saturated carbocycles. The van der Waals surface area contributed by atoms with Crippen LogP contribution in [-0.2, 0) is 6.42 Å². The fourth-order valence-electron chi connectivity index (χ4n) is 2.10. The Morgan fingerprint density at radius 2 is 1.63 bits per heavy atom. The van der Waals surface area contributed by atoms with Crippen molar-refractivity contribution in [3.63, 3.8) is 0 Å². The Kier molecular flexibility index (Phi) is 4.42. The maximum Gasteiger partial charge on any atom is 0.123 e. The lowest BCUT2D eigenvalue weighted by molar-refractivity contribution is 0.405. The molecule has 3 nitrogen and oxygen atoms in total. The Hall–Kier alpha value is -2.00. The van der Waals surface area contributed by atoms with Crippen LogP contribution in [0.3, 0.4) is 0 Å². The topological polar surface area (TPSA) is 44.5 Å². The number of hydrogen-bond donors (Lipinski definition) is 1. The molecule has 3 heteroatoms. The summed E-state index contributed by atoms with van der Waals surface area (Å²) >= 11 is 0. The maximum absolute atomic E-state index is 6.26. The molecule has 0 aliphatic carbocycles. The van der Waals surface area contributed by atoms with Crippen LogP contribution in [0.1, 0.15) is 17.2 Å². The van der Waals surface area contributed by atoms with Gasteiger partial charge in [0.25, 0.3) is 0 Å². The summed E-state index contributed by atoms with van der Waals surface area (Å²) < 4.78 is 10.5. The third-order valence-corrected chi connectivity index (χ3v) is 3.15. The minimum absolute atomic E-state index is 0.0791. The highest BCUT2D eigenvalue weighted by Gasteiger charge is 2.11. The van der Waals surface area contributed by atoms with Crippen molar-refractivity contribution in [3.8, 4) is 11.5 Å². The number of rotatable bonds is 5. The molecular formula is C16H19NO2. The monoisotopic (exact) mass is 257 g/mol. The third-order valence-electron chi connectivity index (χ3n) is 3.15. The molecule has 0 amide bonds. The zero-order valence-electron chi connectivity index (χ0n) is 11.3. The molecule has 0 aliphatic heterocycles.